The molecule has 2 fully saturated rings. The van der Waals surface area contributed by atoms with E-state index in [2.05, 4.69) is 21.1 Å². The third-order valence-corrected chi connectivity index (χ3v) is 11.0. The number of aromatic nitrogens is 5. The molecule has 0 amide bonds. The average Bonchev–Trinajstić information content (AvgIpc) is 3.67. The summed E-state index contributed by atoms with van der Waals surface area (Å²) < 4.78 is 15.4. The summed E-state index contributed by atoms with van der Waals surface area (Å²) in [7, 11) is 0.786. The van der Waals surface area contributed by atoms with Gasteiger partial charge in [-0.05, 0) is 44.1 Å². The van der Waals surface area contributed by atoms with Gasteiger partial charge < -0.3 is 0 Å². The molecule has 2 unspecified atom stereocenters. The second-order valence-electron chi connectivity index (χ2n) is 9.46. The van der Waals surface area contributed by atoms with Gasteiger partial charge in [0.25, 0.3) is 0 Å². The first-order chi connectivity index (χ1) is 17.2. The van der Waals surface area contributed by atoms with Crippen LogP contribution in [0.25, 0.3) is 22.3 Å². The quantitative estimate of drug-likeness (QED) is 0.284. The normalized spacial score (nSPS) is 21.5. The van der Waals surface area contributed by atoms with Gasteiger partial charge in [-0.3, -0.25) is 14.0 Å². The minimum Gasteiger partial charge on any atom is -0.274 e. The molecule has 0 N–H and O–H groups in total. The maximum atomic E-state index is 12.9. The predicted molar refractivity (Wildman–Crippen MR) is 138 cm³/mol. The lowest BCUT2D eigenvalue weighted by atomic mass is 9.96. The molecule has 1 saturated heterocycles. The third kappa shape index (κ3) is 5.21. The highest BCUT2D eigenvalue weighted by Crippen LogP contribution is 2.37. The second kappa shape index (κ2) is 11.0. The molecule has 3 atom stereocenters. The van der Waals surface area contributed by atoms with Gasteiger partial charge in [-0.25, -0.2) is 14.2 Å². The molecule has 1 aliphatic carbocycles. The summed E-state index contributed by atoms with van der Waals surface area (Å²) in [5, 5.41) is 15.1. The first-order valence-corrected chi connectivity index (χ1v) is 15.2. The zero-order valence-electron chi connectivity index (χ0n) is 19.7. The fourth-order valence-electron chi connectivity index (χ4n) is 5.40. The first-order valence-electron chi connectivity index (χ1n) is 12.5. The molecule has 3 aromatic rings. The van der Waals surface area contributed by atoms with E-state index in [0.717, 1.165) is 60.9 Å². The zero-order valence-corrected chi connectivity index (χ0v) is 21.3. The van der Waals surface area contributed by atoms with Crippen LogP contribution < -0.4 is 0 Å². The molecule has 0 aromatic carbocycles. The summed E-state index contributed by atoms with van der Waals surface area (Å²) >= 11 is 0. The molecule has 0 radical (unpaired) electrons. The predicted octanol–water partition coefficient (Wildman–Crippen LogP) is 5.31. The molecule has 184 valence electrons. The fourth-order valence-corrected chi connectivity index (χ4v) is 8.89. The van der Waals surface area contributed by atoms with Crippen molar-refractivity contribution in [1.82, 2.24) is 24.3 Å². The largest absolute Gasteiger partial charge is 0.274 e. The molecule has 5 rings (SSSR count). The van der Waals surface area contributed by atoms with Crippen LogP contribution >= 0.6 is 10.8 Å². The molecule has 8 nitrogen and oxygen atoms in total. The highest BCUT2D eigenvalue weighted by atomic mass is 33.1. The van der Waals surface area contributed by atoms with Crippen molar-refractivity contribution >= 4 is 37.6 Å². The number of hydrogen-bond donors (Lipinski definition) is 0. The van der Waals surface area contributed by atoms with Crippen LogP contribution in [0.2, 0.25) is 0 Å². The minimum absolute atomic E-state index is 0.0117. The van der Waals surface area contributed by atoms with Crippen LogP contribution in [0.4, 0.5) is 0 Å². The standard InChI is InChI=1S/C25H30N6O2S2/c26-12-9-22(18-5-1-2-6-18)31-16-19(15-29-31)24-21-10-13-30(25(21)28-17-27-24)23(32)8-4-3-7-20-11-14-34-35(20)33/h10,13,15-18,20,22H,1-9,11,14H2/t20?,22-,35?/m1/s1. The molecule has 4 heterocycles. The number of unbranched alkanes of at least 4 members (excludes halogenated alkanes) is 1. The van der Waals surface area contributed by atoms with E-state index < -0.39 is 9.83 Å². The van der Waals surface area contributed by atoms with E-state index in [1.807, 2.05) is 16.9 Å². The molecule has 1 aliphatic heterocycles. The monoisotopic (exact) mass is 510 g/mol. The van der Waals surface area contributed by atoms with Crippen LogP contribution in [0.5, 0.6) is 0 Å². The minimum atomic E-state index is -0.761. The lowest BCUT2D eigenvalue weighted by Crippen LogP contribution is -2.17. The number of carbonyl (C=O) groups excluding carboxylic acids is 1. The Morgan fingerprint density at radius 3 is 2.89 bits per heavy atom. The van der Waals surface area contributed by atoms with Gasteiger partial charge in [-0.1, -0.05) is 30.1 Å². The SMILES string of the molecule is N#CC[C@H](C1CCCC1)n1cc(-c2ncnc3c2ccn3C(=O)CCCCC2CCSS2=O)cn1. The molecule has 2 aliphatic rings. The number of rotatable bonds is 9. The Morgan fingerprint density at radius 1 is 1.26 bits per heavy atom. The summed E-state index contributed by atoms with van der Waals surface area (Å²) in [5.41, 5.74) is 2.22. The number of nitrogens with zero attached hydrogens (tertiary/aromatic N) is 6. The van der Waals surface area contributed by atoms with E-state index in [4.69, 9.17) is 0 Å². The van der Waals surface area contributed by atoms with Crippen molar-refractivity contribution in [1.29, 1.82) is 5.26 Å². The number of nitriles is 1. The Bertz CT molecular complexity index is 1260. The smallest absolute Gasteiger partial charge is 0.232 e. The van der Waals surface area contributed by atoms with Gasteiger partial charge >= 0.3 is 0 Å². The summed E-state index contributed by atoms with van der Waals surface area (Å²) in [6.45, 7) is 0. The van der Waals surface area contributed by atoms with Crippen LogP contribution in [0, 0.1) is 17.2 Å². The molecular formula is C25H30N6O2S2. The second-order valence-corrected chi connectivity index (χ2v) is 13.0. The van der Waals surface area contributed by atoms with Crippen LogP contribution in [0.1, 0.15) is 75.0 Å². The Morgan fingerprint density at radius 2 is 2.11 bits per heavy atom. The molecular weight excluding hydrogens is 480 g/mol. The van der Waals surface area contributed by atoms with Gasteiger partial charge in [0.1, 0.15) is 6.33 Å². The van der Waals surface area contributed by atoms with E-state index >= 15 is 0 Å². The lowest BCUT2D eigenvalue weighted by Gasteiger charge is -2.21. The van der Waals surface area contributed by atoms with Crippen LogP contribution in [-0.2, 0) is 9.83 Å². The van der Waals surface area contributed by atoms with Gasteiger partial charge in [0, 0.05) is 40.8 Å². The summed E-state index contributed by atoms with van der Waals surface area (Å²) in [6, 6.07) is 4.31. The van der Waals surface area contributed by atoms with Gasteiger partial charge in [-0.15, -0.1) is 0 Å². The summed E-state index contributed by atoms with van der Waals surface area (Å²) in [4.78, 5) is 21.8. The van der Waals surface area contributed by atoms with E-state index in [1.165, 1.54) is 19.2 Å². The van der Waals surface area contributed by atoms with Crippen molar-refractivity contribution in [2.24, 2.45) is 5.92 Å². The van der Waals surface area contributed by atoms with Crippen molar-refractivity contribution in [2.45, 2.75) is 75.5 Å². The number of hydrogen-bond acceptors (Lipinski definition) is 7. The molecule has 3 aromatic heterocycles. The van der Waals surface area contributed by atoms with Crippen molar-refractivity contribution in [3.63, 3.8) is 0 Å². The maximum absolute atomic E-state index is 12.9. The Labute approximate surface area is 211 Å². The highest BCUT2D eigenvalue weighted by molar-refractivity contribution is 8.69. The average molecular weight is 511 g/mol. The Kier molecular flexibility index (Phi) is 7.63. The molecule has 0 bridgehead atoms. The van der Waals surface area contributed by atoms with Crippen molar-refractivity contribution in [3.8, 4) is 17.3 Å². The molecule has 0 spiro atoms. The van der Waals surface area contributed by atoms with Crippen molar-refractivity contribution in [3.05, 3.63) is 31.0 Å². The Balaban J connectivity index is 1.29. The maximum Gasteiger partial charge on any atom is 0.232 e. The zero-order chi connectivity index (χ0) is 24.2. The molecule has 10 heteroatoms. The van der Waals surface area contributed by atoms with Crippen LogP contribution in [-0.4, -0.2) is 45.4 Å². The van der Waals surface area contributed by atoms with Gasteiger partial charge in [0.05, 0.1) is 40.3 Å². The van der Waals surface area contributed by atoms with Crippen molar-refractivity contribution in [2.75, 3.05) is 5.75 Å². The Hall–Kier alpha value is -2.51. The fraction of sp³-hybridized carbons (Fsp3) is 0.560. The lowest BCUT2D eigenvalue weighted by molar-refractivity contribution is 0.0904. The summed E-state index contributed by atoms with van der Waals surface area (Å²) in [6.07, 6.45) is 16.3. The summed E-state index contributed by atoms with van der Waals surface area (Å²) in [5.74, 6) is 1.48. The number of carbonyl (C=O) groups is 1. The van der Waals surface area contributed by atoms with Crippen LogP contribution in [0.3, 0.4) is 0 Å². The van der Waals surface area contributed by atoms with Gasteiger partial charge in [0.2, 0.25) is 5.91 Å². The van der Waals surface area contributed by atoms with E-state index in [-0.39, 0.29) is 17.2 Å². The highest BCUT2D eigenvalue weighted by Gasteiger charge is 2.27. The van der Waals surface area contributed by atoms with E-state index in [1.54, 1.807) is 27.8 Å². The third-order valence-electron chi connectivity index (χ3n) is 7.29. The van der Waals surface area contributed by atoms with E-state index in [9.17, 15) is 14.3 Å². The van der Waals surface area contributed by atoms with Crippen LogP contribution in [0.15, 0.2) is 31.0 Å². The van der Waals surface area contributed by atoms with Crippen molar-refractivity contribution < 1.29 is 9.00 Å². The number of fused-ring (bicyclic) bond motifs is 1. The van der Waals surface area contributed by atoms with Gasteiger partial charge in [0.15, 0.2) is 5.65 Å². The topological polar surface area (TPSA) is 106 Å². The van der Waals surface area contributed by atoms with Gasteiger partial charge in [-0.2, -0.15) is 10.4 Å². The van der Waals surface area contributed by atoms with E-state index in [0.29, 0.717) is 24.4 Å². The molecule has 1 saturated carbocycles. The first kappa shape index (κ1) is 24.2. The molecule has 35 heavy (non-hydrogen) atoms.